The molecule has 2 aromatic rings. The Hall–Kier alpha value is -1.66. The summed E-state index contributed by atoms with van der Waals surface area (Å²) in [6, 6.07) is 6.70. The Morgan fingerprint density at radius 3 is 2.59 bits per heavy atom. The molecule has 0 atom stereocenters. The monoisotopic (exact) mass is 322 g/mol. The number of nitrogens with zero attached hydrogens (tertiary/aromatic N) is 1. The molecule has 0 radical (unpaired) electrons. The van der Waals surface area contributed by atoms with Gasteiger partial charge in [0.25, 0.3) is 0 Å². The lowest BCUT2D eigenvalue weighted by atomic mass is 9.98. The van der Waals surface area contributed by atoms with E-state index in [9.17, 15) is 8.42 Å². The van der Waals surface area contributed by atoms with E-state index in [0.29, 0.717) is 29.8 Å². The second-order valence-electron chi connectivity index (χ2n) is 6.28. The van der Waals surface area contributed by atoms with Crippen molar-refractivity contribution in [3.63, 3.8) is 0 Å². The second-order valence-corrected chi connectivity index (χ2v) is 8.02. The minimum absolute atomic E-state index is 0.133. The smallest absolute Gasteiger partial charge is 0.241 e. The van der Waals surface area contributed by atoms with Crippen molar-refractivity contribution in [2.75, 3.05) is 13.2 Å². The number of aromatic nitrogens is 1. The predicted octanol–water partition coefficient (Wildman–Crippen LogP) is 2.96. The van der Waals surface area contributed by atoms with Gasteiger partial charge in [-0.1, -0.05) is 20.8 Å². The van der Waals surface area contributed by atoms with Gasteiger partial charge in [-0.05, 0) is 36.6 Å². The first-order valence-corrected chi connectivity index (χ1v) is 8.73. The van der Waals surface area contributed by atoms with Gasteiger partial charge in [0.1, 0.15) is 11.3 Å². The molecule has 0 unspecified atom stereocenters. The third-order valence-electron chi connectivity index (χ3n) is 3.07. The first kappa shape index (κ1) is 16.7. The highest BCUT2D eigenvalue weighted by atomic mass is 32.2. The zero-order valence-corrected chi connectivity index (χ0v) is 14.2. The van der Waals surface area contributed by atoms with E-state index in [4.69, 9.17) is 4.74 Å². The molecule has 0 bridgehead atoms. The summed E-state index contributed by atoms with van der Waals surface area (Å²) in [4.78, 5) is 4.49. The number of ether oxygens (including phenoxy) is 1. The van der Waals surface area contributed by atoms with E-state index in [2.05, 4.69) is 9.71 Å². The van der Waals surface area contributed by atoms with Gasteiger partial charge in [-0.25, -0.2) is 13.1 Å². The molecule has 0 aliphatic rings. The molecule has 0 saturated carbocycles. The molecular formula is C16H22N2O3S. The number of sulfonamides is 1. The first-order chi connectivity index (χ1) is 10.2. The third kappa shape index (κ3) is 3.75. The summed E-state index contributed by atoms with van der Waals surface area (Å²) >= 11 is 0. The minimum atomic E-state index is -3.60. The minimum Gasteiger partial charge on any atom is -0.492 e. The molecule has 2 rings (SSSR count). The molecule has 120 valence electrons. The van der Waals surface area contributed by atoms with E-state index in [1.165, 1.54) is 0 Å². The Kier molecular flexibility index (Phi) is 4.72. The highest BCUT2D eigenvalue weighted by Gasteiger charge is 2.22. The van der Waals surface area contributed by atoms with Gasteiger partial charge in [0.2, 0.25) is 10.0 Å². The Labute approximate surface area is 131 Å². The number of nitrogens with one attached hydrogen (secondary N) is 1. The molecule has 0 amide bonds. The number of hydrogen-bond donors (Lipinski definition) is 1. The van der Waals surface area contributed by atoms with Crippen LogP contribution in [0, 0.1) is 5.41 Å². The van der Waals surface area contributed by atoms with Gasteiger partial charge >= 0.3 is 0 Å². The molecule has 5 nitrogen and oxygen atoms in total. The van der Waals surface area contributed by atoms with E-state index >= 15 is 0 Å². The summed E-state index contributed by atoms with van der Waals surface area (Å²) in [6.45, 7) is 8.68. The van der Waals surface area contributed by atoms with Crippen molar-refractivity contribution in [2.45, 2.75) is 32.6 Å². The zero-order chi connectivity index (χ0) is 16.4. The molecule has 0 fully saturated rings. The maximum absolute atomic E-state index is 12.6. The van der Waals surface area contributed by atoms with Crippen LogP contribution in [0.25, 0.3) is 10.9 Å². The van der Waals surface area contributed by atoms with Crippen LogP contribution in [0.2, 0.25) is 0 Å². The van der Waals surface area contributed by atoms with Crippen LogP contribution in [0.1, 0.15) is 27.7 Å². The molecule has 6 heteroatoms. The number of hydrogen-bond acceptors (Lipinski definition) is 4. The molecule has 1 heterocycles. The van der Waals surface area contributed by atoms with Crippen molar-refractivity contribution in [2.24, 2.45) is 5.41 Å². The van der Waals surface area contributed by atoms with Crippen molar-refractivity contribution in [3.8, 4) is 5.75 Å². The summed E-state index contributed by atoms with van der Waals surface area (Å²) in [6.07, 6.45) is 1.63. The summed E-state index contributed by atoms with van der Waals surface area (Å²) in [7, 11) is -3.60. The normalized spacial score (nSPS) is 12.5. The summed E-state index contributed by atoms with van der Waals surface area (Å²) in [5.41, 5.74) is 0.426. The average molecular weight is 322 g/mol. The predicted molar refractivity (Wildman–Crippen MR) is 87.6 cm³/mol. The zero-order valence-electron chi connectivity index (χ0n) is 13.4. The second kappa shape index (κ2) is 6.22. The quantitative estimate of drug-likeness (QED) is 0.919. The van der Waals surface area contributed by atoms with Gasteiger partial charge in [0.15, 0.2) is 0 Å². The largest absolute Gasteiger partial charge is 0.492 e. The SMILES string of the molecule is CCOc1ccc(S(=O)(=O)NCC(C)(C)C)c2cccnc12. The van der Waals surface area contributed by atoms with E-state index in [0.717, 1.165) is 0 Å². The van der Waals surface area contributed by atoms with Crippen LogP contribution in [0.4, 0.5) is 0 Å². The Bertz CT molecular complexity index is 765. The standard InChI is InChI=1S/C16H22N2O3S/c1-5-21-13-8-9-14(12-7-6-10-17-15(12)13)22(19,20)18-11-16(2,3)4/h6-10,18H,5,11H2,1-4H3. The van der Waals surface area contributed by atoms with Gasteiger partial charge in [-0.3, -0.25) is 4.98 Å². The van der Waals surface area contributed by atoms with Gasteiger partial charge in [0.05, 0.1) is 11.5 Å². The van der Waals surface area contributed by atoms with E-state index in [1.54, 1.807) is 30.5 Å². The number of fused-ring (bicyclic) bond motifs is 1. The van der Waals surface area contributed by atoms with E-state index in [-0.39, 0.29) is 10.3 Å². The summed E-state index contributed by atoms with van der Waals surface area (Å²) in [5.74, 6) is 0.591. The first-order valence-electron chi connectivity index (χ1n) is 7.25. The van der Waals surface area contributed by atoms with Crippen LogP contribution in [0.15, 0.2) is 35.4 Å². The van der Waals surface area contributed by atoms with Gasteiger partial charge in [-0.15, -0.1) is 0 Å². The van der Waals surface area contributed by atoms with Crippen LogP contribution in [0.5, 0.6) is 5.75 Å². The molecule has 1 aromatic carbocycles. The van der Waals surface area contributed by atoms with Crippen molar-refractivity contribution in [1.82, 2.24) is 9.71 Å². The van der Waals surface area contributed by atoms with Crippen molar-refractivity contribution in [1.29, 1.82) is 0 Å². The Balaban J connectivity index is 2.50. The summed E-state index contributed by atoms with van der Waals surface area (Å²) in [5, 5.41) is 0.565. The molecule has 1 aromatic heterocycles. The van der Waals surface area contributed by atoms with E-state index < -0.39 is 10.0 Å². The van der Waals surface area contributed by atoms with Gasteiger partial charge in [0, 0.05) is 18.1 Å². The highest BCUT2D eigenvalue weighted by Crippen LogP contribution is 2.29. The van der Waals surface area contributed by atoms with Crippen LogP contribution in [-0.4, -0.2) is 26.6 Å². The van der Waals surface area contributed by atoms with Crippen LogP contribution in [0.3, 0.4) is 0 Å². The molecule has 0 aliphatic carbocycles. The van der Waals surface area contributed by atoms with Crippen molar-refractivity contribution >= 4 is 20.9 Å². The fourth-order valence-corrected chi connectivity index (χ4v) is 3.50. The maximum atomic E-state index is 12.6. The molecule has 1 N–H and O–H groups in total. The van der Waals surface area contributed by atoms with Crippen LogP contribution in [-0.2, 0) is 10.0 Å². The van der Waals surface area contributed by atoms with Crippen LogP contribution < -0.4 is 9.46 Å². The van der Waals surface area contributed by atoms with E-state index in [1.807, 2.05) is 27.7 Å². The van der Waals surface area contributed by atoms with Crippen molar-refractivity contribution < 1.29 is 13.2 Å². The van der Waals surface area contributed by atoms with Gasteiger partial charge in [-0.2, -0.15) is 0 Å². The number of pyridine rings is 1. The highest BCUT2D eigenvalue weighted by molar-refractivity contribution is 7.89. The maximum Gasteiger partial charge on any atom is 0.241 e. The third-order valence-corrected chi connectivity index (χ3v) is 4.53. The van der Waals surface area contributed by atoms with Crippen LogP contribution >= 0.6 is 0 Å². The molecule has 0 spiro atoms. The fraction of sp³-hybridized carbons (Fsp3) is 0.438. The summed E-state index contributed by atoms with van der Waals surface area (Å²) < 4.78 is 33.4. The Morgan fingerprint density at radius 1 is 1.23 bits per heavy atom. The lowest BCUT2D eigenvalue weighted by Crippen LogP contribution is -2.32. The number of benzene rings is 1. The lowest BCUT2D eigenvalue weighted by Gasteiger charge is -2.19. The topological polar surface area (TPSA) is 68.3 Å². The molecule has 0 aliphatic heterocycles. The molecule has 0 saturated heterocycles. The van der Waals surface area contributed by atoms with Crippen molar-refractivity contribution in [3.05, 3.63) is 30.5 Å². The lowest BCUT2D eigenvalue weighted by molar-refractivity contribution is 0.343. The number of rotatable bonds is 5. The van der Waals surface area contributed by atoms with Gasteiger partial charge < -0.3 is 4.74 Å². The fourth-order valence-electron chi connectivity index (χ4n) is 2.02. The Morgan fingerprint density at radius 2 is 1.95 bits per heavy atom. The average Bonchev–Trinajstić information content (AvgIpc) is 2.45. The molecular weight excluding hydrogens is 300 g/mol. The molecule has 22 heavy (non-hydrogen) atoms.